The molecule has 9 heteroatoms. The van der Waals surface area contributed by atoms with Crippen LogP contribution in [-0.2, 0) is 11.8 Å². The van der Waals surface area contributed by atoms with Crippen LogP contribution in [0.4, 0.5) is 17.1 Å². The fourth-order valence-corrected chi connectivity index (χ4v) is 5.13. The van der Waals surface area contributed by atoms with Crippen LogP contribution >= 0.6 is 23.2 Å². The summed E-state index contributed by atoms with van der Waals surface area (Å²) in [6, 6.07) is 9.98. The highest BCUT2D eigenvalue weighted by Gasteiger charge is 2.27. The predicted octanol–water partition coefficient (Wildman–Crippen LogP) is 4.13. The first-order chi connectivity index (χ1) is 16.4. The first-order valence-corrected chi connectivity index (χ1v) is 12.8. The van der Waals surface area contributed by atoms with Gasteiger partial charge in [0.1, 0.15) is 5.69 Å². The van der Waals surface area contributed by atoms with E-state index in [1.54, 1.807) is 11.9 Å². The number of benzene rings is 1. The second-order valence-electron chi connectivity index (χ2n) is 9.06. The van der Waals surface area contributed by atoms with Crippen LogP contribution in [0, 0.1) is 0 Å². The zero-order valence-electron chi connectivity index (χ0n) is 19.9. The van der Waals surface area contributed by atoms with Gasteiger partial charge in [-0.2, -0.15) is 0 Å². The number of aromatic nitrogens is 1. The number of amides is 2. The Labute approximate surface area is 211 Å². The van der Waals surface area contributed by atoms with Crippen molar-refractivity contribution in [3.05, 3.63) is 42.2 Å². The number of piperazine rings is 1. The van der Waals surface area contributed by atoms with Crippen molar-refractivity contribution in [3.8, 4) is 0 Å². The van der Waals surface area contributed by atoms with Gasteiger partial charge in [-0.05, 0) is 43.2 Å². The van der Waals surface area contributed by atoms with Crippen LogP contribution in [0.15, 0.2) is 36.5 Å². The summed E-state index contributed by atoms with van der Waals surface area (Å²) in [5.74, 6) is -0.260. The lowest BCUT2D eigenvalue weighted by Crippen LogP contribution is -2.49. The van der Waals surface area contributed by atoms with E-state index in [9.17, 15) is 9.59 Å². The van der Waals surface area contributed by atoms with Gasteiger partial charge < -0.3 is 24.2 Å². The third-order valence-corrected chi connectivity index (χ3v) is 7.25. The number of aryl methyl sites for hydroxylation is 1. The molecule has 2 aliphatic rings. The molecule has 184 valence electrons. The molecule has 2 amide bonds. The van der Waals surface area contributed by atoms with Crippen molar-refractivity contribution in [2.45, 2.75) is 30.5 Å². The van der Waals surface area contributed by atoms with Gasteiger partial charge in [0.25, 0.3) is 11.8 Å². The van der Waals surface area contributed by atoms with Gasteiger partial charge in [-0.1, -0.05) is 36.0 Å². The molecule has 2 saturated heterocycles. The number of hydrogen-bond acceptors (Lipinski definition) is 4. The maximum absolute atomic E-state index is 12.9. The zero-order chi connectivity index (χ0) is 24.2. The van der Waals surface area contributed by atoms with E-state index in [1.807, 2.05) is 47.0 Å². The fourth-order valence-electron chi connectivity index (χ4n) is 4.84. The minimum atomic E-state index is -1.10. The van der Waals surface area contributed by atoms with Gasteiger partial charge in [-0.15, -0.1) is 0 Å². The minimum Gasteiger partial charge on any atom is -0.370 e. The number of hydrogen-bond donors (Lipinski definition) is 0. The highest BCUT2D eigenvalue weighted by Crippen LogP contribution is 2.35. The smallest absolute Gasteiger partial charge is 0.270 e. The lowest BCUT2D eigenvalue weighted by molar-refractivity contribution is -0.116. The highest BCUT2D eigenvalue weighted by atomic mass is 35.5. The molecule has 4 rings (SSSR count). The van der Waals surface area contributed by atoms with Crippen molar-refractivity contribution in [2.75, 3.05) is 61.0 Å². The third kappa shape index (κ3) is 5.31. The van der Waals surface area contributed by atoms with Gasteiger partial charge in [0, 0.05) is 65.2 Å². The van der Waals surface area contributed by atoms with Gasteiger partial charge in [-0.3, -0.25) is 9.59 Å². The van der Waals surface area contributed by atoms with Gasteiger partial charge in [0.15, 0.2) is 4.84 Å². The second-order valence-corrected chi connectivity index (χ2v) is 10.2. The monoisotopic (exact) mass is 505 g/mol. The normalized spacial score (nSPS) is 17.1. The van der Waals surface area contributed by atoms with E-state index in [4.69, 9.17) is 23.2 Å². The van der Waals surface area contributed by atoms with Crippen LogP contribution in [0.1, 0.15) is 36.2 Å². The van der Waals surface area contributed by atoms with Crippen LogP contribution in [-0.4, -0.2) is 72.4 Å². The number of halogens is 2. The van der Waals surface area contributed by atoms with Crippen LogP contribution < -0.4 is 14.7 Å². The van der Waals surface area contributed by atoms with Crippen molar-refractivity contribution in [1.29, 1.82) is 0 Å². The largest absolute Gasteiger partial charge is 0.370 e. The lowest BCUT2D eigenvalue weighted by atomic mass is 10.1. The molecule has 2 aliphatic heterocycles. The van der Waals surface area contributed by atoms with E-state index in [0.717, 1.165) is 56.1 Å². The molecule has 2 fully saturated rings. The topological polar surface area (TPSA) is 52.0 Å². The van der Waals surface area contributed by atoms with E-state index in [2.05, 4.69) is 15.9 Å². The summed E-state index contributed by atoms with van der Waals surface area (Å²) in [4.78, 5) is 32.5. The SMILES string of the molecule is CN(C(=O)C(Cl)Cl)c1ccc(N2CCN(C(=O)c3cccn3C)CC2)cc1N1CCCCCC1. The van der Waals surface area contributed by atoms with Crippen LogP contribution in [0.3, 0.4) is 0 Å². The van der Waals surface area contributed by atoms with Crippen molar-refractivity contribution in [2.24, 2.45) is 7.05 Å². The average Bonchev–Trinajstić information content (AvgIpc) is 3.10. The van der Waals surface area contributed by atoms with Gasteiger partial charge in [-0.25, -0.2) is 0 Å². The lowest BCUT2D eigenvalue weighted by Gasteiger charge is -2.37. The van der Waals surface area contributed by atoms with Crippen LogP contribution in [0.5, 0.6) is 0 Å². The predicted molar refractivity (Wildman–Crippen MR) is 140 cm³/mol. The molecule has 3 heterocycles. The molecule has 0 bridgehead atoms. The fraction of sp³-hybridized carbons (Fsp3) is 0.520. The van der Waals surface area contributed by atoms with E-state index < -0.39 is 4.84 Å². The van der Waals surface area contributed by atoms with Gasteiger partial charge in [0.2, 0.25) is 0 Å². The molecule has 1 aromatic carbocycles. The molecule has 0 atom stereocenters. The number of anilines is 3. The number of carbonyl (C=O) groups excluding carboxylic acids is 2. The first-order valence-electron chi connectivity index (χ1n) is 12.0. The summed E-state index contributed by atoms with van der Waals surface area (Å²) >= 11 is 11.8. The number of carbonyl (C=O) groups is 2. The van der Waals surface area contributed by atoms with Gasteiger partial charge in [0.05, 0.1) is 11.4 Å². The third-order valence-electron chi connectivity index (χ3n) is 6.88. The minimum absolute atomic E-state index is 0.0737. The maximum Gasteiger partial charge on any atom is 0.270 e. The maximum atomic E-state index is 12.9. The van der Waals surface area contributed by atoms with Gasteiger partial charge >= 0.3 is 0 Å². The highest BCUT2D eigenvalue weighted by molar-refractivity contribution is 6.54. The van der Waals surface area contributed by atoms with E-state index in [1.165, 1.54) is 12.8 Å². The molecule has 34 heavy (non-hydrogen) atoms. The Morgan fingerprint density at radius 3 is 2.18 bits per heavy atom. The summed E-state index contributed by atoms with van der Waals surface area (Å²) < 4.78 is 1.87. The number of nitrogens with zero attached hydrogens (tertiary/aromatic N) is 5. The average molecular weight is 506 g/mol. The van der Waals surface area contributed by atoms with Crippen molar-refractivity contribution in [3.63, 3.8) is 0 Å². The quantitative estimate of drug-likeness (QED) is 0.573. The van der Waals surface area contributed by atoms with Crippen molar-refractivity contribution in [1.82, 2.24) is 9.47 Å². The second kappa shape index (κ2) is 10.9. The number of rotatable bonds is 5. The summed E-state index contributed by atoms with van der Waals surface area (Å²) in [5.41, 5.74) is 3.67. The van der Waals surface area contributed by atoms with Crippen LogP contribution in [0.2, 0.25) is 0 Å². The summed E-state index contributed by atoms with van der Waals surface area (Å²) in [5, 5.41) is 0. The Bertz CT molecular complexity index is 1010. The number of alkyl halides is 2. The molecular weight excluding hydrogens is 473 g/mol. The summed E-state index contributed by atoms with van der Waals surface area (Å²) in [6.07, 6.45) is 6.61. The molecule has 0 spiro atoms. The molecule has 0 unspecified atom stereocenters. The zero-order valence-corrected chi connectivity index (χ0v) is 21.4. The molecule has 0 aliphatic carbocycles. The Hall–Kier alpha value is -2.38. The molecule has 1 aromatic heterocycles. The molecule has 0 N–H and O–H groups in total. The molecule has 2 aromatic rings. The Balaban J connectivity index is 1.54. The van der Waals surface area contributed by atoms with E-state index in [-0.39, 0.29) is 11.8 Å². The summed E-state index contributed by atoms with van der Waals surface area (Å²) in [7, 11) is 3.62. The van der Waals surface area contributed by atoms with E-state index in [0.29, 0.717) is 18.8 Å². The van der Waals surface area contributed by atoms with Crippen LogP contribution in [0.25, 0.3) is 0 Å². The standard InChI is InChI=1S/C25H33Cl2N5O2/c1-28-11-7-8-21(28)24(33)32-16-14-30(15-17-32)19-9-10-20(29(2)25(34)23(26)27)22(18-19)31-12-5-3-4-6-13-31/h7-11,18,23H,3-6,12-17H2,1-2H3. The Kier molecular flexibility index (Phi) is 7.94. The van der Waals surface area contributed by atoms with Crippen molar-refractivity contribution < 1.29 is 9.59 Å². The Morgan fingerprint density at radius 1 is 0.912 bits per heavy atom. The summed E-state index contributed by atoms with van der Waals surface area (Å²) in [6.45, 7) is 4.78. The molecular formula is C25H33Cl2N5O2. The van der Waals surface area contributed by atoms with Crippen molar-refractivity contribution >= 4 is 52.1 Å². The Morgan fingerprint density at radius 2 is 1.59 bits per heavy atom. The molecule has 0 radical (unpaired) electrons. The van der Waals surface area contributed by atoms with E-state index >= 15 is 0 Å². The molecule has 0 saturated carbocycles. The molecule has 7 nitrogen and oxygen atoms in total. The first kappa shape index (κ1) is 24.7.